The summed E-state index contributed by atoms with van der Waals surface area (Å²) in [6.07, 6.45) is 9.65. The van der Waals surface area contributed by atoms with E-state index in [0.717, 1.165) is 32.1 Å². The van der Waals surface area contributed by atoms with Gasteiger partial charge in [-0.25, -0.2) is 9.48 Å². The van der Waals surface area contributed by atoms with E-state index >= 15 is 0 Å². The molecule has 4 aliphatic carbocycles. The van der Waals surface area contributed by atoms with Crippen LogP contribution < -0.4 is 15.4 Å². The average Bonchev–Trinajstić information content (AvgIpc) is 3.16. The van der Waals surface area contributed by atoms with E-state index in [0.29, 0.717) is 29.2 Å². The van der Waals surface area contributed by atoms with E-state index in [2.05, 4.69) is 20.5 Å². The van der Waals surface area contributed by atoms with Gasteiger partial charge in [0.15, 0.2) is 0 Å². The summed E-state index contributed by atoms with van der Waals surface area (Å²) in [5.41, 5.74) is -0.244. The van der Waals surface area contributed by atoms with Crippen molar-refractivity contribution in [1.82, 2.24) is 20.4 Å². The highest BCUT2D eigenvalue weighted by Gasteiger charge is 2.55. The van der Waals surface area contributed by atoms with Crippen molar-refractivity contribution in [3.63, 3.8) is 0 Å². The predicted octanol–water partition coefficient (Wildman–Crippen LogP) is 3.19. The number of aliphatic hydroxyl groups excluding tert-OH is 1. The summed E-state index contributed by atoms with van der Waals surface area (Å²) in [6, 6.07) is 0.123. The van der Waals surface area contributed by atoms with Crippen molar-refractivity contribution in [2.45, 2.75) is 77.5 Å². The number of hydrogen-bond donors (Lipinski definition) is 3. The number of aliphatic hydroxyl groups is 1. The van der Waals surface area contributed by atoms with Gasteiger partial charge in [-0.05, 0) is 89.0 Å². The first-order chi connectivity index (χ1) is 16.0. The second-order valence-electron chi connectivity index (χ2n) is 11.3. The molecule has 1 aromatic rings. The molecule has 2 atom stereocenters. The van der Waals surface area contributed by atoms with Gasteiger partial charge in [0.25, 0.3) is 5.91 Å². The lowest BCUT2D eigenvalue weighted by Crippen LogP contribution is -2.60. The molecule has 4 saturated carbocycles. The second kappa shape index (κ2) is 9.24. The zero-order valence-electron chi connectivity index (χ0n) is 20.8. The molecule has 3 N–H and O–H groups in total. The highest BCUT2D eigenvalue weighted by atomic mass is 16.5. The zero-order valence-corrected chi connectivity index (χ0v) is 20.8. The molecule has 34 heavy (non-hydrogen) atoms. The third-order valence-electron chi connectivity index (χ3n) is 7.62. The van der Waals surface area contributed by atoms with Crippen LogP contribution in [0.15, 0.2) is 12.3 Å². The lowest BCUT2D eigenvalue weighted by molar-refractivity contribution is -0.0969. The van der Waals surface area contributed by atoms with Crippen molar-refractivity contribution in [3.8, 4) is 5.88 Å². The van der Waals surface area contributed by atoms with Crippen molar-refractivity contribution >= 4 is 18.2 Å². The Morgan fingerprint density at radius 1 is 1.29 bits per heavy atom. The standard InChI is InChI=1S/C25H38N4O5/c1-15(2)34-22-19(13-26-29(22)7-6-24(3,4)28-23(32)33-5)21(31)27-20-17-8-16-9-18(20)12-25(10-16,11-17)14-30/h6-7,13,15-18,20,30H,8-12,14H2,1-5H3,(H,27,31)(H,28,32). The summed E-state index contributed by atoms with van der Waals surface area (Å²) in [4.78, 5) is 25.0. The van der Waals surface area contributed by atoms with E-state index in [1.807, 2.05) is 27.7 Å². The van der Waals surface area contributed by atoms with Crippen LogP contribution in [-0.2, 0) is 4.74 Å². The van der Waals surface area contributed by atoms with E-state index < -0.39 is 11.6 Å². The normalized spacial score (nSPS) is 30.1. The fourth-order valence-electron chi connectivity index (χ4n) is 6.42. The van der Waals surface area contributed by atoms with Crippen LogP contribution in [0, 0.1) is 23.2 Å². The van der Waals surface area contributed by atoms with Crippen LogP contribution in [0.4, 0.5) is 4.79 Å². The third kappa shape index (κ3) is 4.94. The lowest BCUT2D eigenvalue weighted by Gasteiger charge is -2.59. The SMILES string of the molecule is COC(=O)NC(C)(C)C=Cn1ncc(C(=O)NC2C3CC4CC2CC(CO)(C4)C3)c1OC(C)C. The van der Waals surface area contributed by atoms with Crippen LogP contribution in [0.2, 0.25) is 0 Å². The summed E-state index contributed by atoms with van der Waals surface area (Å²) in [6.45, 7) is 7.71. The predicted molar refractivity (Wildman–Crippen MR) is 127 cm³/mol. The van der Waals surface area contributed by atoms with Gasteiger partial charge in [-0.2, -0.15) is 5.10 Å². The fraction of sp³-hybridized carbons (Fsp3) is 0.720. The second-order valence-corrected chi connectivity index (χ2v) is 11.3. The minimum atomic E-state index is -0.695. The maximum atomic E-state index is 13.4. The minimum Gasteiger partial charge on any atom is -0.474 e. The van der Waals surface area contributed by atoms with Crippen LogP contribution in [0.3, 0.4) is 0 Å². The van der Waals surface area contributed by atoms with Gasteiger partial charge in [0.05, 0.1) is 24.9 Å². The van der Waals surface area contributed by atoms with Gasteiger partial charge >= 0.3 is 6.09 Å². The molecule has 2 unspecified atom stereocenters. The molecule has 188 valence electrons. The first-order valence-electron chi connectivity index (χ1n) is 12.3. The number of nitrogens with zero attached hydrogens (tertiary/aromatic N) is 2. The summed E-state index contributed by atoms with van der Waals surface area (Å²) >= 11 is 0. The number of hydrogen-bond acceptors (Lipinski definition) is 6. The van der Waals surface area contributed by atoms with E-state index in [4.69, 9.17) is 4.74 Å². The zero-order chi connectivity index (χ0) is 24.7. The van der Waals surface area contributed by atoms with Gasteiger partial charge in [-0.1, -0.05) is 0 Å². The molecule has 9 heteroatoms. The van der Waals surface area contributed by atoms with Crippen LogP contribution in [0.25, 0.3) is 6.20 Å². The smallest absolute Gasteiger partial charge is 0.407 e. The number of ether oxygens (including phenoxy) is 2. The van der Waals surface area contributed by atoms with Gasteiger partial charge in [-0.15, -0.1) is 0 Å². The van der Waals surface area contributed by atoms with E-state index in [1.165, 1.54) is 18.0 Å². The quantitative estimate of drug-likeness (QED) is 0.533. The highest BCUT2D eigenvalue weighted by Crippen LogP contribution is 2.59. The number of amides is 2. The maximum absolute atomic E-state index is 13.4. The van der Waals surface area contributed by atoms with Gasteiger partial charge in [0, 0.05) is 18.8 Å². The number of methoxy groups -OCH3 is 1. The lowest BCUT2D eigenvalue weighted by atomic mass is 9.48. The molecule has 5 rings (SSSR count). The largest absolute Gasteiger partial charge is 0.474 e. The summed E-state index contributed by atoms with van der Waals surface area (Å²) in [7, 11) is 1.31. The minimum absolute atomic E-state index is 0.0599. The topological polar surface area (TPSA) is 115 Å². The Morgan fingerprint density at radius 3 is 2.56 bits per heavy atom. The van der Waals surface area contributed by atoms with Crippen LogP contribution in [0.1, 0.15) is 70.2 Å². The van der Waals surface area contributed by atoms with Crippen molar-refractivity contribution in [2.24, 2.45) is 23.2 Å². The molecular formula is C25H38N4O5. The molecule has 4 aliphatic rings. The molecule has 1 aromatic heterocycles. The Kier molecular flexibility index (Phi) is 6.68. The van der Waals surface area contributed by atoms with Crippen LogP contribution >= 0.6 is 0 Å². The van der Waals surface area contributed by atoms with E-state index in [-0.39, 0.29) is 30.1 Å². The number of nitrogens with one attached hydrogen (secondary N) is 2. The summed E-state index contributed by atoms with van der Waals surface area (Å²) < 4.78 is 12.2. The van der Waals surface area contributed by atoms with E-state index in [1.54, 1.807) is 12.3 Å². The third-order valence-corrected chi connectivity index (χ3v) is 7.62. The first-order valence-corrected chi connectivity index (χ1v) is 12.3. The van der Waals surface area contributed by atoms with Gasteiger partial charge in [-0.3, -0.25) is 4.79 Å². The van der Waals surface area contributed by atoms with Crippen LogP contribution in [-0.4, -0.2) is 58.3 Å². The Morgan fingerprint density at radius 2 is 1.97 bits per heavy atom. The van der Waals surface area contributed by atoms with E-state index in [9.17, 15) is 14.7 Å². The van der Waals surface area contributed by atoms with Crippen molar-refractivity contribution in [3.05, 3.63) is 17.8 Å². The Labute approximate surface area is 201 Å². The van der Waals surface area contributed by atoms with Gasteiger partial charge < -0.3 is 25.2 Å². The van der Waals surface area contributed by atoms with Gasteiger partial charge in [0.2, 0.25) is 5.88 Å². The molecule has 0 aromatic carbocycles. The molecule has 4 bridgehead atoms. The van der Waals surface area contributed by atoms with Crippen molar-refractivity contribution in [1.29, 1.82) is 0 Å². The van der Waals surface area contributed by atoms with Gasteiger partial charge in [0.1, 0.15) is 5.56 Å². The first kappa shape index (κ1) is 24.6. The molecule has 0 radical (unpaired) electrons. The van der Waals surface area contributed by atoms with Crippen molar-refractivity contribution < 1.29 is 24.2 Å². The van der Waals surface area contributed by atoms with Crippen molar-refractivity contribution in [2.75, 3.05) is 13.7 Å². The average molecular weight is 475 g/mol. The fourth-order valence-corrected chi connectivity index (χ4v) is 6.42. The number of alkyl carbamates (subject to hydrolysis) is 1. The Balaban J connectivity index is 1.52. The number of carbonyl (C=O) groups is 2. The number of aromatic nitrogens is 2. The molecule has 2 amide bonds. The van der Waals surface area contributed by atoms with Crippen LogP contribution in [0.5, 0.6) is 5.88 Å². The summed E-state index contributed by atoms with van der Waals surface area (Å²) in [5.74, 6) is 1.69. The number of carbonyl (C=O) groups excluding carboxylic acids is 2. The monoisotopic (exact) mass is 474 g/mol. The summed E-state index contributed by atoms with van der Waals surface area (Å²) in [5, 5.41) is 20.4. The molecule has 1 heterocycles. The Bertz CT molecular complexity index is 937. The molecule has 4 fully saturated rings. The molecule has 0 saturated heterocycles. The molecule has 0 spiro atoms. The Hall–Kier alpha value is -2.55. The molecular weight excluding hydrogens is 436 g/mol. The molecule has 0 aliphatic heterocycles. The molecule has 9 nitrogen and oxygen atoms in total. The number of rotatable bonds is 8. The maximum Gasteiger partial charge on any atom is 0.407 e. The highest BCUT2D eigenvalue weighted by molar-refractivity contribution is 5.96.